The molecular weight excluding hydrogens is 260 g/mol. The van der Waals surface area contributed by atoms with Gasteiger partial charge < -0.3 is 15.4 Å². The van der Waals surface area contributed by atoms with E-state index < -0.39 is 0 Å². The number of fused-ring (bicyclic) bond motifs is 1. The Balaban J connectivity index is 1.96. The van der Waals surface area contributed by atoms with Crippen molar-refractivity contribution >= 4 is 22.9 Å². The number of carbonyl (C=O) groups is 1. The monoisotopic (exact) mass is 274 g/mol. The molecule has 0 aliphatic carbocycles. The quantitative estimate of drug-likeness (QED) is 0.913. The second kappa shape index (κ2) is 5.03. The van der Waals surface area contributed by atoms with Gasteiger partial charge in [0, 0.05) is 6.54 Å². The van der Waals surface area contributed by atoms with Crippen LogP contribution in [0.3, 0.4) is 0 Å². The number of hydrogen-bond acceptors (Lipinski definition) is 4. The molecule has 1 aliphatic rings. The lowest BCUT2D eigenvalue weighted by Crippen LogP contribution is -2.37. The lowest BCUT2D eigenvalue weighted by molar-refractivity contribution is 0.0980. The maximum absolute atomic E-state index is 12.4. The number of hydrogen-bond donors (Lipinski definition) is 1. The fourth-order valence-electron chi connectivity index (χ4n) is 2.14. The Morgan fingerprint density at radius 3 is 3.05 bits per heavy atom. The molecule has 5 heteroatoms. The summed E-state index contributed by atoms with van der Waals surface area (Å²) in [7, 11) is 0. The molecule has 19 heavy (non-hydrogen) atoms. The summed E-state index contributed by atoms with van der Waals surface area (Å²) < 4.78 is 5.62. The zero-order chi connectivity index (χ0) is 13.2. The molecule has 0 radical (unpaired) electrons. The van der Waals surface area contributed by atoms with E-state index in [4.69, 9.17) is 10.5 Å². The van der Waals surface area contributed by atoms with Gasteiger partial charge in [0.25, 0.3) is 5.91 Å². The van der Waals surface area contributed by atoms with E-state index in [1.54, 1.807) is 4.90 Å². The van der Waals surface area contributed by atoms with Crippen LogP contribution in [0.4, 0.5) is 5.69 Å². The Morgan fingerprint density at radius 1 is 1.42 bits per heavy atom. The summed E-state index contributed by atoms with van der Waals surface area (Å²) in [6.07, 6.45) is 0. The van der Waals surface area contributed by atoms with Crippen LogP contribution >= 0.6 is 11.3 Å². The Hall–Kier alpha value is -1.85. The van der Waals surface area contributed by atoms with Crippen molar-refractivity contribution < 1.29 is 9.53 Å². The van der Waals surface area contributed by atoms with Gasteiger partial charge in [0.2, 0.25) is 0 Å². The van der Waals surface area contributed by atoms with Crippen LogP contribution in [0.5, 0.6) is 5.75 Å². The van der Waals surface area contributed by atoms with Crippen molar-refractivity contribution in [2.45, 2.75) is 6.54 Å². The predicted octanol–water partition coefficient (Wildman–Crippen LogP) is 2.25. The van der Waals surface area contributed by atoms with E-state index in [0.29, 0.717) is 19.7 Å². The topological polar surface area (TPSA) is 55.6 Å². The lowest BCUT2D eigenvalue weighted by Gasteiger charge is -2.29. The van der Waals surface area contributed by atoms with Crippen molar-refractivity contribution in [3.8, 4) is 5.75 Å². The maximum Gasteiger partial charge on any atom is 0.268 e. The highest BCUT2D eigenvalue weighted by Crippen LogP contribution is 2.33. The standard InChI is InChI=1S/C14H14N2O2S/c15-9-10-3-4-11-12(8-10)18-6-5-16(11)14(17)13-2-1-7-19-13/h1-4,7-8H,5-6,9,15H2. The van der Waals surface area contributed by atoms with E-state index in [2.05, 4.69) is 0 Å². The van der Waals surface area contributed by atoms with Crippen LogP contribution in [-0.2, 0) is 6.54 Å². The highest BCUT2D eigenvalue weighted by molar-refractivity contribution is 7.12. The number of rotatable bonds is 2. The molecule has 0 spiro atoms. The van der Waals surface area contributed by atoms with Crippen LogP contribution in [-0.4, -0.2) is 19.1 Å². The lowest BCUT2D eigenvalue weighted by atomic mass is 10.1. The zero-order valence-electron chi connectivity index (χ0n) is 10.3. The molecule has 2 aromatic rings. The predicted molar refractivity (Wildman–Crippen MR) is 75.8 cm³/mol. The molecule has 1 aliphatic heterocycles. The first-order valence-electron chi connectivity index (χ1n) is 6.11. The summed E-state index contributed by atoms with van der Waals surface area (Å²) in [5, 5.41) is 1.91. The minimum absolute atomic E-state index is 0.0278. The third-order valence-corrected chi connectivity index (χ3v) is 3.96. The highest BCUT2D eigenvalue weighted by atomic mass is 32.1. The number of carbonyl (C=O) groups excluding carboxylic acids is 1. The minimum atomic E-state index is 0.0278. The SMILES string of the molecule is NCc1ccc2c(c1)OCCN2C(=O)c1cccs1. The second-order valence-corrected chi connectivity index (χ2v) is 5.24. The van der Waals surface area contributed by atoms with Gasteiger partial charge in [-0.25, -0.2) is 0 Å². The van der Waals surface area contributed by atoms with Gasteiger partial charge in [0.05, 0.1) is 17.1 Å². The molecule has 0 atom stereocenters. The van der Waals surface area contributed by atoms with Crippen molar-refractivity contribution in [3.63, 3.8) is 0 Å². The van der Waals surface area contributed by atoms with Crippen LogP contribution in [0.25, 0.3) is 0 Å². The molecule has 0 saturated heterocycles. The van der Waals surface area contributed by atoms with Crippen LogP contribution in [0.15, 0.2) is 35.7 Å². The number of thiophene rings is 1. The third-order valence-electron chi connectivity index (χ3n) is 3.10. The Morgan fingerprint density at radius 2 is 2.32 bits per heavy atom. The van der Waals surface area contributed by atoms with Crippen molar-refractivity contribution in [1.82, 2.24) is 0 Å². The summed E-state index contributed by atoms with van der Waals surface area (Å²) in [5.41, 5.74) is 7.45. The van der Waals surface area contributed by atoms with E-state index in [-0.39, 0.29) is 5.91 Å². The third kappa shape index (κ3) is 2.22. The molecule has 0 saturated carbocycles. The van der Waals surface area contributed by atoms with Gasteiger partial charge in [-0.3, -0.25) is 4.79 Å². The van der Waals surface area contributed by atoms with E-state index >= 15 is 0 Å². The highest BCUT2D eigenvalue weighted by Gasteiger charge is 2.25. The number of ether oxygens (including phenoxy) is 1. The number of nitrogens with zero attached hydrogens (tertiary/aromatic N) is 1. The number of amides is 1. The fourth-order valence-corrected chi connectivity index (χ4v) is 2.81. The number of nitrogens with two attached hydrogens (primary N) is 1. The van der Waals surface area contributed by atoms with Crippen LogP contribution in [0.2, 0.25) is 0 Å². The first-order valence-corrected chi connectivity index (χ1v) is 6.99. The van der Waals surface area contributed by atoms with Crippen molar-refractivity contribution in [1.29, 1.82) is 0 Å². The summed E-state index contributed by atoms with van der Waals surface area (Å²) >= 11 is 1.45. The molecule has 1 aromatic heterocycles. The van der Waals surface area contributed by atoms with Gasteiger partial charge in [0.1, 0.15) is 12.4 Å². The molecule has 2 heterocycles. The molecule has 0 unspecified atom stereocenters. The first-order chi connectivity index (χ1) is 9.29. The summed E-state index contributed by atoms with van der Waals surface area (Å²) in [4.78, 5) is 14.9. The normalized spacial score (nSPS) is 13.8. The van der Waals surface area contributed by atoms with Crippen LogP contribution in [0, 0.1) is 0 Å². The number of anilines is 1. The van der Waals surface area contributed by atoms with Gasteiger partial charge in [-0.15, -0.1) is 11.3 Å². The van der Waals surface area contributed by atoms with Gasteiger partial charge in [-0.1, -0.05) is 12.1 Å². The van der Waals surface area contributed by atoms with Crippen LogP contribution in [0.1, 0.15) is 15.2 Å². The Bertz CT molecular complexity index is 595. The molecule has 3 rings (SSSR count). The van der Waals surface area contributed by atoms with Gasteiger partial charge in [-0.05, 0) is 29.1 Å². The van der Waals surface area contributed by atoms with E-state index in [0.717, 1.165) is 21.9 Å². The summed E-state index contributed by atoms with van der Waals surface area (Å²) in [6.45, 7) is 1.55. The first kappa shape index (κ1) is 12.2. The van der Waals surface area contributed by atoms with Gasteiger partial charge in [-0.2, -0.15) is 0 Å². The second-order valence-electron chi connectivity index (χ2n) is 4.29. The minimum Gasteiger partial charge on any atom is -0.490 e. The molecule has 1 aromatic carbocycles. The van der Waals surface area contributed by atoms with Gasteiger partial charge >= 0.3 is 0 Å². The average molecular weight is 274 g/mol. The Kier molecular flexibility index (Phi) is 3.23. The summed E-state index contributed by atoms with van der Waals surface area (Å²) in [5.74, 6) is 0.763. The fraction of sp³-hybridized carbons (Fsp3) is 0.214. The largest absolute Gasteiger partial charge is 0.490 e. The van der Waals surface area contributed by atoms with Crippen molar-refractivity contribution in [2.24, 2.45) is 5.73 Å². The average Bonchev–Trinajstić information content (AvgIpc) is 2.99. The molecule has 0 fully saturated rings. The number of benzene rings is 1. The van der Waals surface area contributed by atoms with Crippen molar-refractivity contribution in [2.75, 3.05) is 18.1 Å². The van der Waals surface area contributed by atoms with Crippen molar-refractivity contribution in [3.05, 3.63) is 46.2 Å². The van der Waals surface area contributed by atoms with Crippen LogP contribution < -0.4 is 15.4 Å². The molecule has 4 nitrogen and oxygen atoms in total. The van der Waals surface area contributed by atoms with E-state index in [9.17, 15) is 4.79 Å². The van der Waals surface area contributed by atoms with E-state index in [1.165, 1.54) is 11.3 Å². The molecule has 1 amide bonds. The van der Waals surface area contributed by atoms with Gasteiger partial charge in [0.15, 0.2) is 0 Å². The molecule has 2 N–H and O–H groups in total. The smallest absolute Gasteiger partial charge is 0.268 e. The Labute approximate surface area is 115 Å². The maximum atomic E-state index is 12.4. The molecular formula is C14H14N2O2S. The summed E-state index contributed by atoms with van der Waals surface area (Å²) in [6, 6.07) is 9.47. The molecule has 98 valence electrons. The molecule has 0 bridgehead atoms. The zero-order valence-corrected chi connectivity index (χ0v) is 11.2. The van der Waals surface area contributed by atoms with E-state index in [1.807, 2.05) is 35.7 Å².